The Kier molecular flexibility index (Phi) is 2.92. The van der Waals surface area contributed by atoms with Gasteiger partial charge in [-0.1, -0.05) is 18.2 Å². The van der Waals surface area contributed by atoms with Crippen LogP contribution in [-0.4, -0.2) is 18.8 Å². The molecule has 2 rings (SSSR count). The Hall–Kier alpha value is -1.48. The molecule has 0 fully saturated rings. The summed E-state index contributed by atoms with van der Waals surface area (Å²) in [5.41, 5.74) is 5.62. The van der Waals surface area contributed by atoms with Crippen LogP contribution in [0.3, 0.4) is 0 Å². The zero-order valence-corrected chi connectivity index (χ0v) is 8.72. The van der Waals surface area contributed by atoms with Gasteiger partial charge in [0.1, 0.15) is 6.61 Å². The van der Waals surface area contributed by atoms with Crippen molar-refractivity contribution in [3.63, 3.8) is 0 Å². The summed E-state index contributed by atoms with van der Waals surface area (Å²) in [6.45, 7) is 2.47. The van der Waals surface area contributed by atoms with Gasteiger partial charge in [-0.15, -0.1) is 0 Å². The molecular formula is C12H15NO2. The molecule has 2 atom stereocenters. The van der Waals surface area contributed by atoms with E-state index in [1.54, 1.807) is 0 Å². The first-order chi connectivity index (χ1) is 7.25. The summed E-state index contributed by atoms with van der Waals surface area (Å²) in [4.78, 5) is 0. The van der Waals surface area contributed by atoms with Crippen LogP contribution in [0.2, 0.25) is 0 Å². The highest BCUT2D eigenvalue weighted by Crippen LogP contribution is 2.30. The number of hydrogen-bond acceptors (Lipinski definition) is 3. The lowest BCUT2D eigenvalue weighted by molar-refractivity contribution is 0.122. The van der Waals surface area contributed by atoms with Crippen LogP contribution in [0.5, 0.6) is 11.5 Å². The van der Waals surface area contributed by atoms with Crippen molar-refractivity contribution in [2.45, 2.75) is 19.1 Å². The number of rotatable bonds is 2. The molecule has 80 valence electrons. The predicted octanol–water partition coefficient (Wildman–Crippen LogP) is 1.73. The number of fused-ring (bicyclic) bond motifs is 1. The van der Waals surface area contributed by atoms with E-state index in [0.717, 1.165) is 11.5 Å². The van der Waals surface area contributed by atoms with Crippen LogP contribution in [0.4, 0.5) is 0 Å². The van der Waals surface area contributed by atoms with Crippen LogP contribution in [0, 0.1) is 0 Å². The quantitative estimate of drug-likeness (QED) is 0.748. The van der Waals surface area contributed by atoms with E-state index in [-0.39, 0.29) is 12.1 Å². The molecule has 1 aliphatic rings. The Morgan fingerprint density at radius 2 is 2.13 bits per heavy atom. The summed E-state index contributed by atoms with van der Waals surface area (Å²) in [5, 5.41) is 0. The zero-order valence-electron chi connectivity index (χ0n) is 8.72. The van der Waals surface area contributed by atoms with Gasteiger partial charge in [0.2, 0.25) is 0 Å². The lowest BCUT2D eigenvalue weighted by atomic mass is 10.2. The summed E-state index contributed by atoms with van der Waals surface area (Å²) in [6, 6.07) is 7.72. The topological polar surface area (TPSA) is 44.5 Å². The maximum Gasteiger partial charge on any atom is 0.162 e. The van der Waals surface area contributed by atoms with Gasteiger partial charge < -0.3 is 15.2 Å². The van der Waals surface area contributed by atoms with E-state index >= 15 is 0 Å². The summed E-state index contributed by atoms with van der Waals surface area (Å²) in [7, 11) is 0. The number of nitrogens with two attached hydrogens (primary N) is 1. The Bertz CT molecular complexity index is 360. The van der Waals surface area contributed by atoms with Crippen molar-refractivity contribution in [1.82, 2.24) is 0 Å². The molecule has 1 aromatic rings. The normalized spacial score (nSPS) is 21.6. The Morgan fingerprint density at radius 3 is 2.87 bits per heavy atom. The van der Waals surface area contributed by atoms with Crippen molar-refractivity contribution in [2.75, 3.05) is 6.61 Å². The third kappa shape index (κ3) is 2.50. The van der Waals surface area contributed by atoms with Crippen molar-refractivity contribution in [2.24, 2.45) is 5.73 Å². The largest absolute Gasteiger partial charge is 0.485 e. The van der Waals surface area contributed by atoms with E-state index in [4.69, 9.17) is 15.2 Å². The van der Waals surface area contributed by atoms with Crippen LogP contribution in [-0.2, 0) is 0 Å². The number of para-hydroxylation sites is 2. The van der Waals surface area contributed by atoms with Gasteiger partial charge in [0, 0.05) is 6.04 Å². The van der Waals surface area contributed by atoms with Gasteiger partial charge in [-0.3, -0.25) is 0 Å². The SMILES string of the molecule is CC(N)/C=C/C1COc2ccccc2O1. The highest BCUT2D eigenvalue weighted by atomic mass is 16.6. The smallest absolute Gasteiger partial charge is 0.162 e. The van der Waals surface area contributed by atoms with E-state index < -0.39 is 0 Å². The average Bonchev–Trinajstić information content (AvgIpc) is 2.26. The Morgan fingerprint density at radius 1 is 1.40 bits per heavy atom. The molecule has 0 bridgehead atoms. The van der Waals surface area contributed by atoms with Gasteiger partial charge >= 0.3 is 0 Å². The molecule has 0 aromatic heterocycles. The van der Waals surface area contributed by atoms with Crippen molar-refractivity contribution in [3.05, 3.63) is 36.4 Å². The minimum Gasteiger partial charge on any atom is -0.485 e. The molecule has 0 aliphatic carbocycles. The third-order valence-electron chi connectivity index (χ3n) is 2.16. The van der Waals surface area contributed by atoms with Gasteiger partial charge in [0.15, 0.2) is 17.6 Å². The summed E-state index contributed by atoms with van der Waals surface area (Å²) in [6.07, 6.45) is 3.83. The van der Waals surface area contributed by atoms with Gasteiger partial charge in [0.05, 0.1) is 0 Å². The molecule has 2 unspecified atom stereocenters. The van der Waals surface area contributed by atoms with Crippen LogP contribution in [0.25, 0.3) is 0 Å². The fourth-order valence-electron chi connectivity index (χ4n) is 1.43. The second-order valence-corrected chi connectivity index (χ2v) is 3.66. The molecule has 15 heavy (non-hydrogen) atoms. The molecule has 0 amide bonds. The molecular weight excluding hydrogens is 190 g/mol. The molecule has 1 heterocycles. The fraction of sp³-hybridized carbons (Fsp3) is 0.333. The fourth-order valence-corrected chi connectivity index (χ4v) is 1.43. The van der Waals surface area contributed by atoms with Crippen LogP contribution in [0.15, 0.2) is 36.4 Å². The summed E-state index contributed by atoms with van der Waals surface area (Å²) >= 11 is 0. The van der Waals surface area contributed by atoms with Crippen LogP contribution in [0.1, 0.15) is 6.92 Å². The van der Waals surface area contributed by atoms with Crippen molar-refractivity contribution in [1.29, 1.82) is 0 Å². The van der Waals surface area contributed by atoms with Gasteiger partial charge in [-0.05, 0) is 25.1 Å². The lowest BCUT2D eigenvalue weighted by Crippen LogP contribution is -2.27. The highest BCUT2D eigenvalue weighted by molar-refractivity contribution is 5.41. The van der Waals surface area contributed by atoms with E-state index in [2.05, 4.69) is 0 Å². The van der Waals surface area contributed by atoms with E-state index in [1.165, 1.54) is 0 Å². The minimum absolute atomic E-state index is 0.0362. The molecule has 2 N–H and O–H groups in total. The number of benzene rings is 1. The van der Waals surface area contributed by atoms with Crippen molar-refractivity contribution < 1.29 is 9.47 Å². The summed E-state index contributed by atoms with van der Waals surface area (Å²) in [5.74, 6) is 1.60. The molecule has 1 aromatic carbocycles. The van der Waals surface area contributed by atoms with E-state index in [1.807, 2.05) is 43.3 Å². The van der Waals surface area contributed by atoms with Crippen molar-refractivity contribution >= 4 is 0 Å². The highest BCUT2D eigenvalue weighted by Gasteiger charge is 2.17. The third-order valence-corrected chi connectivity index (χ3v) is 2.16. The average molecular weight is 205 g/mol. The zero-order chi connectivity index (χ0) is 10.7. The lowest BCUT2D eigenvalue weighted by Gasteiger charge is -2.24. The van der Waals surface area contributed by atoms with Gasteiger partial charge in [-0.2, -0.15) is 0 Å². The second kappa shape index (κ2) is 4.36. The molecule has 0 saturated carbocycles. The first kappa shape index (κ1) is 10.1. The van der Waals surface area contributed by atoms with E-state index in [9.17, 15) is 0 Å². The minimum atomic E-state index is -0.0362. The molecule has 3 nitrogen and oxygen atoms in total. The molecule has 1 aliphatic heterocycles. The van der Waals surface area contributed by atoms with Crippen molar-refractivity contribution in [3.8, 4) is 11.5 Å². The van der Waals surface area contributed by atoms with Crippen LogP contribution >= 0.6 is 0 Å². The number of hydrogen-bond donors (Lipinski definition) is 1. The number of ether oxygens (including phenoxy) is 2. The summed E-state index contributed by atoms with van der Waals surface area (Å²) < 4.78 is 11.3. The second-order valence-electron chi connectivity index (χ2n) is 3.66. The van der Waals surface area contributed by atoms with Crippen LogP contribution < -0.4 is 15.2 Å². The molecule has 0 spiro atoms. The Balaban J connectivity index is 2.06. The molecule has 0 saturated heterocycles. The molecule has 0 radical (unpaired) electrons. The first-order valence-corrected chi connectivity index (χ1v) is 5.08. The van der Waals surface area contributed by atoms with Gasteiger partial charge in [0.25, 0.3) is 0 Å². The maximum atomic E-state index is 5.71. The predicted molar refractivity (Wildman–Crippen MR) is 59.1 cm³/mol. The maximum absolute atomic E-state index is 5.71. The standard InChI is InChI=1S/C12H15NO2/c1-9(13)6-7-10-8-14-11-4-2-3-5-12(11)15-10/h2-7,9-10H,8,13H2,1H3/b7-6+. The van der Waals surface area contributed by atoms with E-state index in [0.29, 0.717) is 6.61 Å². The Labute approximate surface area is 89.5 Å². The van der Waals surface area contributed by atoms with Gasteiger partial charge in [-0.25, -0.2) is 0 Å². The molecule has 3 heteroatoms. The monoisotopic (exact) mass is 205 g/mol. The first-order valence-electron chi connectivity index (χ1n) is 5.08.